The highest BCUT2D eigenvalue weighted by Gasteiger charge is 2.18. The highest BCUT2D eigenvalue weighted by atomic mass is 16.3. The van der Waals surface area contributed by atoms with Crippen molar-refractivity contribution in [3.63, 3.8) is 0 Å². The number of carbonyl (C=O) groups excluding carboxylic acids is 2. The van der Waals surface area contributed by atoms with Crippen molar-refractivity contribution in [1.29, 1.82) is 0 Å². The first kappa shape index (κ1) is 16.8. The van der Waals surface area contributed by atoms with Crippen LogP contribution in [0.15, 0.2) is 47.1 Å². The first-order valence-electron chi connectivity index (χ1n) is 7.76. The van der Waals surface area contributed by atoms with E-state index in [-0.39, 0.29) is 11.7 Å². The van der Waals surface area contributed by atoms with Crippen LogP contribution in [0, 0.1) is 0 Å². The summed E-state index contributed by atoms with van der Waals surface area (Å²) in [5, 5.41) is 5.39. The number of hydrogen-bond donors (Lipinski definition) is 2. The smallest absolute Gasteiger partial charge is 0.287 e. The molecule has 0 aliphatic heterocycles. The maximum Gasteiger partial charge on any atom is 0.287 e. The van der Waals surface area contributed by atoms with E-state index >= 15 is 0 Å². The van der Waals surface area contributed by atoms with E-state index in [2.05, 4.69) is 24.5 Å². The van der Waals surface area contributed by atoms with Crippen LogP contribution in [0.5, 0.6) is 0 Å². The molecule has 2 aromatic rings. The maximum atomic E-state index is 12.1. The lowest BCUT2D eigenvalue weighted by atomic mass is 9.98. The van der Waals surface area contributed by atoms with Gasteiger partial charge in [0.2, 0.25) is 5.91 Å². The van der Waals surface area contributed by atoms with Gasteiger partial charge in [-0.1, -0.05) is 26.0 Å². The average molecular weight is 314 g/mol. The Morgan fingerprint density at radius 1 is 1.13 bits per heavy atom. The van der Waals surface area contributed by atoms with E-state index in [0.29, 0.717) is 11.6 Å². The molecule has 0 aliphatic rings. The summed E-state index contributed by atoms with van der Waals surface area (Å²) in [5.74, 6) is -0.0141. The third-order valence-electron chi connectivity index (χ3n) is 3.85. The van der Waals surface area contributed by atoms with Crippen LogP contribution in [-0.4, -0.2) is 17.9 Å². The molecule has 0 radical (unpaired) electrons. The van der Waals surface area contributed by atoms with Gasteiger partial charge in [0.25, 0.3) is 5.91 Å². The van der Waals surface area contributed by atoms with Crippen LogP contribution in [0.1, 0.15) is 49.2 Å². The average Bonchev–Trinajstić information content (AvgIpc) is 3.09. The van der Waals surface area contributed by atoms with Crippen LogP contribution in [0.25, 0.3) is 0 Å². The van der Waals surface area contributed by atoms with Crippen molar-refractivity contribution in [3.05, 3.63) is 54.0 Å². The van der Waals surface area contributed by atoms with Gasteiger partial charge in [-0.3, -0.25) is 9.59 Å². The Kier molecular flexibility index (Phi) is 5.57. The highest BCUT2D eigenvalue weighted by molar-refractivity contribution is 5.99. The van der Waals surface area contributed by atoms with Crippen molar-refractivity contribution in [2.45, 2.75) is 39.2 Å². The third-order valence-corrected chi connectivity index (χ3v) is 3.85. The van der Waals surface area contributed by atoms with Crippen molar-refractivity contribution >= 4 is 17.5 Å². The summed E-state index contributed by atoms with van der Waals surface area (Å²) in [4.78, 5) is 24.0. The Bertz CT molecular complexity index is 647. The SMILES string of the molecule is CCC(C)c1ccc(NC(=O)[C@H](C)NC(=O)c2ccco2)cc1. The second-order valence-electron chi connectivity index (χ2n) is 5.59. The molecule has 122 valence electrons. The first-order valence-corrected chi connectivity index (χ1v) is 7.76. The summed E-state index contributed by atoms with van der Waals surface area (Å²) in [6.07, 6.45) is 2.49. The lowest BCUT2D eigenvalue weighted by molar-refractivity contribution is -0.117. The molecular formula is C18H22N2O3. The Labute approximate surface area is 136 Å². The molecule has 1 unspecified atom stereocenters. The van der Waals surface area contributed by atoms with E-state index < -0.39 is 11.9 Å². The largest absolute Gasteiger partial charge is 0.459 e. The van der Waals surface area contributed by atoms with Gasteiger partial charge in [0.1, 0.15) is 6.04 Å². The van der Waals surface area contributed by atoms with Gasteiger partial charge < -0.3 is 15.1 Å². The molecule has 1 aromatic carbocycles. The minimum atomic E-state index is -0.665. The number of nitrogens with one attached hydrogen (secondary N) is 2. The predicted octanol–water partition coefficient (Wildman–Crippen LogP) is 3.55. The van der Waals surface area contributed by atoms with Crippen LogP contribution in [0.3, 0.4) is 0 Å². The highest BCUT2D eigenvalue weighted by Crippen LogP contribution is 2.20. The molecule has 0 saturated heterocycles. The van der Waals surface area contributed by atoms with Crippen molar-refractivity contribution in [2.75, 3.05) is 5.32 Å². The van der Waals surface area contributed by atoms with E-state index in [4.69, 9.17) is 4.42 Å². The van der Waals surface area contributed by atoms with E-state index in [1.165, 1.54) is 11.8 Å². The van der Waals surface area contributed by atoms with Gasteiger partial charge in [0.05, 0.1) is 6.26 Å². The molecule has 1 heterocycles. The number of rotatable bonds is 6. The molecule has 0 aliphatic carbocycles. The minimum Gasteiger partial charge on any atom is -0.459 e. The molecular weight excluding hydrogens is 292 g/mol. The second-order valence-corrected chi connectivity index (χ2v) is 5.59. The summed E-state index contributed by atoms with van der Waals surface area (Å²) in [6, 6.07) is 10.3. The van der Waals surface area contributed by atoms with Crippen molar-refractivity contribution in [1.82, 2.24) is 5.32 Å². The summed E-state index contributed by atoms with van der Waals surface area (Å²) in [5.41, 5.74) is 1.95. The fourth-order valence-electron chi connectivity index (χ4n) is 2.12. The maximum absolute atomic E-state index is 12.1. The number of amides is 2. The number of carbonyl (C=O) groups is 2. The van der Waals surface area contributed by atoms with Crippen molar-refractivity contribution < 1.29 is 14.0 Å². The molecule has 0 fully saturated rings. The minimum absolute atomic E-state index is 0.183. The first-order chi connectivity index (χ1) is 11.0. The number of hydrogen-bond acceptors (Lipinski definition) is 3. The molecule has 5 nitrogen and oxygen atoms in total. The summed E-state index contributed by atoms with van der Waals surface area (Å²) >= 11 is 0. The Morgan fingerprint density at radius 2 is 1.83 bits per heavy atom. The number of benzene rings is 1. The van der Waals surface area contributed by atoms with Gasteiger partial charge in [0, 0.05) is 5.69 Å². The molecule has 1 aromatic heterocycles. The van der Waals surface area contributed by atoms with Crippen LogP contribution in [-0.2, 0) is 4.79 Å². The normalized spacial score (nSPS) is 13.2. The van der Waals surface area contributed by atoms with E-state index in [1.807, 2.05) is 24.3 Å². The summed E-state index contributed by atoms with van der Waals surface area (Å²) in [7, 11) is 0. The lowest BCUT2D eigenvalue weighted by Gasteiger charge is -2.14. The molecule has 5 heteroatoms. The second kappa shape index (κ2) is 7.63. The quantitative estimate of drug-likeness (QED) is 0.856. The van der Waals surface area contributed by atoms with E-state index in [9.17, 15) is 9.59 Å². The summed E-state index contributed by atoms with van der Waals surface area (Å²) < 4.78 is 5.00. The zero-order valence-corrected chi connectivity index (χ0v) is 13.6. The molecule has 2 amide bonds. The van der Waals surface area contributed by atoms with E-state index in [1.54, 1.807) is 19.1 Å². The van der Waals surface area contributed by atoms with Gasteiger partial charge in [-0.2, -0.15) is 0 Å². The fourth-order valence-corrected chi connectivity index (χ4v) is 2.12. The van der Waals surface area contributed by atoms with Gasteiger partial charge in [-0.05, 0) is 49.1 Å². The number of furan rings is 1. The Balaban J connectivity index is 1.91. The van der Waals surface area contributed by atoms with E-state index in [0.717, 1.165) is 6.42 Å². The lowest BCUT2D eigenvalue weighted by Crippen LogP contribution is -2.41. The number of anilines is 1. The van der Waals surface area contributed by atoms with Crippen LogP contribution in [0.4, 0.5) is 5.69 Å². The fraction of sp³-hybridized carbons (Fsp3) is 0.333. The topological polar surface area (TPSA) is 71.3 Å². The third kappa shape index (κ3) is 4.45. The van der Waals surface area contributed by atoms with Crippen LogP contribution >= 0.6 is 0 Å². The van der Waals surface area contributed by atoms with Gasteiger partial charge in [-0.15, -0.1) is 0 Å². The zero-order chi connectivity index (χ0) is 16.8. The van der Waals surface area contributed by atoms with Gasteiger partial charge in [-0.25, -0.2) is 0 Å². The van der Waals surface area contributed by atoms with Crippen molar-refractivity contribution in [3.8, 4) is 0 Å². The molecule has 0 saturated carbocycles. The Morgan fingerprint density at radius 3 is 2.39 bits per heavy atom. The monoisotopic (exact) mass is 314 g/mol. The van der Waals surface area contributed by atoms with Gasteiger partial charge >= 0.3 is 0 Å². The molecule has 23 heavy (non-hydrogen) atoms. The summed E-state index contributed by atoms with van der Waals surface area (Å²) in [6.45, 7) is 5.94. The Hall–Kier alpha value is -2.56. The van der Waals surface area contributed by atoms with Crippen molar-refractivity contribution in [2.24, 2.45) is 0 Å². The molecule has 2 atom stereocenters. The van der Waals surface area contributed by atoms with Gasteiger partial charge in [0.15, 0.2) is 5.76 Å². The van der Waals surface area contributed by atoms with Crippen LogP contribution in [0.2, 0.25) is 0 Å². The molecule has 2 rings (SSSR count). The predicted molar refractivity (Wildman–Crippen MR) is 89.4 cm³/mol. The zero-order valence-electron chi connectivity index (χ0n) is 13.6. The molecule has 0 spiro atoms. The standard InChI is InChI=1S/C18H22N2O3/c1-4-12(2)14-7-9-15(10-8-14)20-17(21)13(3)19-18(22)16-6-5-11-23-16/h5-13H,4H2,1-3H3,(H,19,22)(H,20,21)/t12?,13-/m0/s1. The van der Waals surface area contributed by atoms with Crippen LogP contribution < -0.4 is 10.6 Å². The molecule has 2 N–H and O–H groups in total. The molecule has 0 bridgehead atoms.